The minimum absolute atomic E-state index is 0.0191. The van der Waals surface area contributed by atoms with Crippen molar-refractivity contribution >= 4 is 18.0 Å². The molecule has 1 spiro atoms. The molecular formula is C38H44O9. The van der Waals surface area contributed by atoms with E-state index in [4.69, 9.17) is 18.9 Å². The van der Waals surface area contributed by atoms with E-state index >= 15 is 0 Å². The number of ether oxygens (including phenoxy) is 4. The Labute approximate surface area is 275 Å². The number of phenols is 1. The highest BCUT2D eigenvalue weighted by atomic mass is 16.6. The second-order valence-electron chi connectivity index (χ2n) is 15.4. The summed E-state index contributed by atoms with van der Waals surface area (Å²) in [4.78, 5) is 40.5. The lowest BCUT2D eigenvalue weighted by molar-refractivity contribution is -0.171. The van der Waals surface area contributed by atoms with Crippen LogP contribution in [-0.4, -0.2) is 56.8 Å². The first kappa shape index (κ1) is 31.9. The molecule has 3 fully saturated rings. The molecule has 8 atom stereocenters. The summed E-state index contributed by atoms with van der Waals surface area (Å²) in [5, 5.41) is 23.9. The number of hydrogen-bond donors (Lipinski definition) is 2. The van der Waals surface area contributed by atoms with Crippen molar-refractivity contribution in [2.45, 2.75) is 115 Å². The fourth-order valence-corrected chi connectivity index (χ4v) is 9.67. The Morgan fingerprint density at radius 2 is 1.83 bits per heavy atom. The Kier molecular flexibility index (Phi) is 6.89. The molecule has 0 aromatic heterocycles. The van der Waals surface area contributed by atoms with Crippen molar-refractivity contribution in [1.82, 2.24) is 0 Å². The number of ketones is 2. The number of Topliss-reactive ketones (excluding diaryl/α,β-unsaturated/α-hetero) is 2. The van der Waals surface area contributed by atoms with Gasteiger partial charge in [-0.1, -0.05) is 29.9 Å². The van der Waals surface area contributed by atoms with E-state index in [9.17, 15) is 24.6 Å². The lowest BCUT2D eigenvalue weighted by Crippen LogP contribution is -2.72. The van der Waals surface area contributed by atoms with Gasteiger partial charge >= 0.3 is 0 Å². The molecule has 2 saturated carbocycles. The molecule has 3 heterocycles. The Hall–Kier alpha value is -3.69. The Balaban J connectivity index is 1.52. The third-order valence-corrected chi connectivity index (χ3v) is 11.9. The molecule has 9 nitrogen and oxygen atoms in total. The molecule has 0 amide bonds. The van der Waals surface area contributed by atoms with Gasteiger partial charge in [-0.3, -0.25) is 14.4 Å². The maximum absolute atomic E-state index is 15.0. The normalized spacial score (nSPS) is 37.1. The summed E-state index contributed by atoms with van der Waals surface area (Å²) in [6, 6.07) is 0. The molecule has 250 valence electrons. The zero-order chi connectivity index (χ0) is 34.0. The number of rotatable bonds is 7. The molecule has 8 rings (SSSR count). The van der Waals surface area contributed by atoms with Crippen LogP contribution < -0.4 is 9.47 Å². The summed E-state index contributed by atoms with van der Waals surface area (Å²) in [6.07, 6.45) is 6.51. The van der Waals surface area contributed by atoms with Crippen molar-refractivity contribution in [3.63, 3.8) is 0 Å². The van der Waals surface area contributed by atoms with Crippen LogP contribution >= 0.6 is 0 Å². The molecular weight excluding hydrogens is 600 g/mol. The van der Waals surface area contributed by atoms with Crippen LogP contribution in [0.2, 0.25) is 0 Å². The molecule has 4 aliphatic carbocycles. The van der Waals surface area contributed by atoms with Gasteiger partial charge in [0.15, 0.2) is 22.8 Å². The molecule has 47 heavy (non-hydrogen) atoms. The molecule has 1 aromatic rings. The lowest BCUT2D eigenvalue weighted by atomic mass is 9.51. The van der Waals surface area contributed by atoms with Gasteiger partial charge in [-0.25, -0.2) is 0 Å². The van der Waals surface area contributed by atoms with Gasteiger partial charge in [-0.2, -0.15) is 0 Å². The summed E-state index contributed by atoms with van der Waals surface area (Å²) in [5.74, 6) is -1.62. The van der Waals surface area contributed by atoms with Crippen LogP contribution in [0.1, 0.15) is 102 Å². The maximum atomic E-state index is 15.0. The van der Waals surface area contributed by atoms with E-state index in [-0.39, 0.29) is 41.1 Å². The third-order valence-electron chi connectivity index (χ3n) is 11.9. The van der Waals surface area contributed by atoms with Gasteiger partial charge < -0.3 is 29.2 Å². The van der Waals surface area contributed by atoms with Crippen LogP contribution in [0.5, 0.6) is 17.2 Å². The van der Waals surface area contributed by atoms with Gasteiger partial charge in [-0.15, -0.1) is 0 Å². The molecule has 5 unspecified atom stereocenters. The van der Waals surface area contributed by atoms with Gasteiger partial charge in [0.2, 0.25) is 0 Å². The molecule has 6 bridgehead atoms. The fraction of sp³-hybridized carbons (Fsp3) is 0.553. The number of aliphatic hydroxyl groups excluding tert-OH is 1. The van der Waals surface area contributed by atoms with Gasteiger partial charge in [0.1, 0.15) is 40.3 Å². The second kappa shape index (κ2) is 10.2. The molecule has 0 radical (unpaired) electrons. The smallest absolute Gasteiger partial charge is 0.298 e. The maximum Gasteiger partial charge on any atom is 0.298 e. The van der Waals surface area contributed by atoms with Crippen LogP contribution in [0.3, 0.4) is 0 Å². The summed E-state index contributed by atoms with van der Waals surface area (Å²) < 4.78 is 25.8. The summed E-state index contributed by atoms with van der Waals surface area (Å²) >= 11 is 0. The number of carbonyl (C=O) groups is 3. The zero-order valence-electron chi connectivity index (χ0n) is 28.2. The summed E-state index contributed by atoms with van der Waals surface area (Å²) in [6.45, 7) is 17.8. The van der Waals surface area contributed by atoms with Crippen LogP contribution in [-0.2, 0) is 25.5 Å². The highest BCUT2D eigenvalue weighted by Gasteiger charge is 2.81. The number of allylic oxidation sites excluding steroid dienone is 5. The topological polar surface area (TPSA) is 129 Å². The van der Waals surface area contributed by atoms with Crippen molar-refractivity contribution in [2.24, 2.45) is 17.8 Å². The van der Waals surface area contributed by atoms with Crippen LogP contribution in [0.15, 0.2) is 47.3 Å². The number of benzene rings is 1. The highest BCUT2D eigenvalue weighted by Crippen LogP contribution is 2.69. The third kappa shape index (κ3) is 3.99. The van der Waals surface area contributed by atoms with E-state index in [0.717, 1.165) is 11.1 Å². The van der Waals surface area contributed by atoms with Gasteiger partial charge in [0.05, 0.1) is 5.60 Å². The average Bonchev–Trinajstić information content (AvgIpc) is 3.14. The minimum Gasteiger partial charge on any atom is -0.507 e. The molecule has 1 saturated heterocycles. The van der Waals surface area contributed by atoms with E-state index in [1.807, 2.05) is 47.6 Å². The van der Waals surface area contributed by atoms with E-state index < -0.39 is 46.1 Å². The van der Waals surface area contributed by atoms with Crippen LogP contribution in [0, 0.1) is 17.8 Å². The van der Waals surface area contributed by atoms with Crippen molar-refractivity contribution in [3.05, 3.63) is 64.0 Å². The first-order chi connectivity index (χ1) is 22.0. The standard InChI is InChI=1S/C38H44O9/c1-18(2)9-10-23-31-27(26-22(19(3)4)12-13-36(8,45-31)34(26)43)30(41)28-29(40)24-15-21-16-25-35(6,7)47-37(33(21)42,14-11-20(5)44-17-39)38(24,25)46-32(23)28/h9,11,15,17,21-22,25-26,34,41,43H,3,10,12-14,16H2,1-2,4-8H3/t21?,22?,25?,26-,34?,36-,37?,38-/m1/s1. The number of aliphatic hydroxyl groups is 1. The largest absolute Gasteiger partial charge is 0.507 e. The summed E-state index contributed by atoms with van der Waals surface area (Å²) in [5.41, 5.74) is -1.64. The lowest BCUT2D eigenvalue weighted by Gasteiger charge is -2.57. The van der Waals surface area contributed by atoms with Crippen molar-refractivity contribution in [3.8, 4) is 17.2 Å². The SMILES string of the molecule is C=C(C)C1CC[C@@]2(C)Oc3c(CC=C(C)C)c4c(c(O)c3[C@@H]1C2O)C(=O)C1=CC2CC3C(C)(C)OC(CC=C(C)OC=O)(C2=O)[C@@]13O4. The van der Waals surface area contributed by atoms with E-state index in [0.29, 0.717) is 60.4 Å². The average molecular weight is 645 g/mol. The van der Waals surface area contributed by atoms with E-state index in [1.54, 1.807) is 19.1 Å². The Morgan fingerprint density at radius 1 is 1.11 bits per heavy atom. The Bertz CT molecular complexity index is 1740. The number of hydrogen-bond acceptors (Lipinski definition) is 9. The van der Waals surface area contributed by atoms with E-state index in [2.05, 4.69) is 6.58 Å². The first-order valence-corrected chi connectivity index (χ1v) is 16.6. The zero-order valence-corrected chi connectivity index (χ0v) is 28.2. The number of aromatic hydroxyl groups is 1. The van der Waals surface area contributed by atoms with Gasteiger partial charge in [0, 0.05) is 40.9 Å². The van der Waals surface area contributed by atoms with Crippen molar-refractivity contribution < 1.29 is 43.5 Å². The fourth-order valence-electron chi connectivity index (χ4n) is 9.67. The molecule has 3 aliphatic heterocycles. The van der Waals surface area contributed by atoms with Crippen LogP contribution in [0.25, 0.3) is 0 Å². The van der Waals surface area contributed by atoms with Crippen molar-refractivity contribution in [1.29, 1.82) is 0 Å². The number of carbonyl (C=O) groups excluding carboxylic acids is 3. The van der Waals surface area contributed by atoms with Gasteiger partial charge in [0.25, 0.3) is 6.47 Å². The van der Waals surface area contributed by atoms with E-state index in [1.165, 1.54) is 0 Å². The monoisotopic (exact) mass is 644 g/mol. The molecule has 9 heteroatoms. The van der Waals surface area contributed by atoms with Crippen molar-refractivity contribution in [2.75, 3.05) is 0 Å². The number of phenolic OH excluding ortho intramolecular Hbond substituents is 1. The predicted molar refractivity (Wildman–Crippen MR) is 172 cm³/mol. The summed E-state index contributed by atoms with van der Waals surface area (Å²) in [7, 11) is 0. The molecule has 1 aromatic carbocycles. The first-order valence-electron chi connectivity index (χ1n) is 16.6. The van der Waals surface area contributed by atoms with Gasteiger partial charge in [-0.05, 0) is 86.1 Å². The number of fused-ring (bicyclic) bond motifs is 5. The minimum atomic E-state index is -1.58. The second-order valence-corrected chi connectivity index (χ2v) is 15.4. The van der Waals surface area contributed by atoms with Crippen LogP contribution in [0.4, 0.5) is 0 Å². The molecule has 7 aliphatic rings. The Morgan fingerprint density at radius 3 is 2.49 bits per heavy atom. The predicted octanol–water partition coefficient (Wildman–Crippen LogP) is 5.96. The quantitative estimate of drug-likeness (QED) is 0.210. The molecule has 2 N–H and O–H groups in total. The highest BCUT2D eigenvalue weighted by molar-refractivity contribution is 6.18.